The minimum absolute atomic E-state index is 0.0711. The Balaban J connectivity index is 2.26. The van der Waals surface area contributed by atoms with Crippen LogP contribution in [-0.4, -0.2) is 21.0 Å². The lowest BCUT2D eigenvalue weighted by molar-refractivity contribution is -0.386. The quantitative estimate of drug-likeness (QED) is 0.655. The van der Waals surface area contributed by atoms with E-state index in [9.17, 15) is 14.9 Å². The number of hydrogen-bond acceptors (Lipinski definition) is 5. The number of ether oxygens (including phenoxy) is 1. The summed E-state index contributed by atoms with van der Waals surface area (Å²) in [4.78, 5) is 24.7. The van der Waals surface area contributed by atoms with Gasteiger partial charge in [-0.15, -0.1) is 0 Å². The van der Waals surface area contributed by atoms with Gasteiger partial charge < -0.3 is 9.84 Å². The highest BCUT2D eigenvalue weighted by Gasteiger charge is 2.20. The average Bonchev–Trinajstić information content (AvgIpc) is 2.46. The zero-order chi connectivity index (χ0) is 15.4. The second-order valence-electron chi connectivity index (χ2n) is 3.99. The Morgan fingerprint density at radius 2 is 2.14 bits per heavy atom. The number of benzene rings is 1. The topological polar surface area (TPSA) is 103 Å². The molecular formula is C13H9BrN2O5. The first-order valence-electron chi connectivity index (χ1n) is 5.73. The van der Waals surface area contributed by atoms with E-state index in [1.165, 1.54) is 0 Å². The summed E-state index contributed by atoms with van der Waals surface area (Å²) < 4.78 is 6.13. The van der Waals surface area contributed by atoms with Crippen molar-refractivity contribution in [3.63, 3.8) is 0 Å². The predicted molar refractivity (Wildman–Crippen MR) is 76.3 cm³/mol. The van der Waals surface area contributed by atoms with Crippen molar-refractivity contribution in [2.45, 2.75) is 6.61 Å². The number of nitrogens with zero attached hydrogens (tertiary/aromatic N) is 2. The van der Waals surface area contributed by atoms with Gasteiger partial charge in [-0.3, -0.25) is 10.1 Å². The number of hydrogen-bond donors (Lipinski definition) is 1. The maximum absolute atomic E-state index is 11.0. The summed E-state index contributed by atoms with van der Waals surface area (Å²) in [5.74, 6) is -1.51. The van der Waals surface area contributed by atoms with Crippen LogP contribution in [0.15, 0.2) is 41.0 Å². The highest BCUT2D eigenvalue weighted by atomic mass is 79.9. The largest absolute Gasteiger partial charge is 0.478 e. The van der Waals surface area contributed by atoms with Crippen molar-refractivity contribution in [1.29, 1.82) is 0 Å². The van der Waals surface area contributed by atoms with Crippen LogP contribution in [0, 0.1) is 10.1 Å². The molecule has 2 rings (SSSR count). The molecule has 21 heavy (non-hydrogen) atoms. The molecule has 0 atom stereocenters. The third-order valence-electron chi connectivity index (χ3n) is 2.60. The van der Waals surface area contributed by atoms with Crippen molar-refractivity contribution >= 4 is 27.6 Å². The van der Waals surface area contributed by atoms with Crippen LogP contribution in [-0.2, 0) is 6.61 Å². The highest BCUT2D eigenvalue weighted by Crippen LogP contribution is 2.27. The van der Waals surface area contributed by atoms with Gasteiger partial charge in [0.2, 0.25) is 0 Å². The van der Waals surface area contributed by atoms with Gasteiger partial charge in [0.1, 0.15) is 6.61 Å². The third kappa shape index (κ3) is 3.54. The van der Waals surface area contributed by atoms with E-state index >= 15 is 0 Å². The fourth-order valence-corrected chi connectivity index (χ4v) is 1.96. The van der Waals surface area contributed by atoms with Crippen LogP contribution in [0.4, 0.5) is 5.69 Å². The monoisotopic (exact) mass is 352 g/mol. The predicted octanol–water partition coefficient (Wildman–Crippen LogP) is 3.03. The van der Waals surface area contributed by atoms with Gasteiger partial charge in [0.05, 0.1) is 10.5 Å². The molecule has 0 aliphatic heterocycles. The average molecular weight is 353 g/mol. The highest BCUT2D eigenvalue weighted by molar-refractivity contribution is 9.10. The Kier molecular flexibility index (Phi) is 4.49. The normalized spacial score (nSPS) is 10.1. The molecule has 1 N–H and O–H groups in total. The van der Waals surface area contributed by atoms with Gasteiger partial charge in [-0.25, -0.2) is 9.78 Å². The van der Waals surface area contributed by atoms with E-state index in [0.717, 1.165) is 22.3 Å². The zero-order valence-electron chi connectivity index (χ0n) is 10.5. The van der Waals surface area contributed by atoms with Gasteiger partial charge in [-0.2, -0.15) is 0 Å². The fraction of sp³-hybridized carbons (Fsp3) is 0.0769. The van der Waals surface area contributed by atoms with Gasteiger partial charge >= 0.3 is 11.7 Å². The van der Waals surface area contributed by atoms with Crippen molar-refractivity contribution in [1.82, 2.24) is 4.98 Å². The minimum atomic E-state index is -1.29. The molecule has 0 saturated heterocycles. The SMILES string of the molecule is O=C(O)c1cnc(OCc2ccccc2Br)c([N+](=O)[O-])c1. The lowest BCUT2D eigenvalue weighted by atomic mass is 10.2. The van der Waals surface area contributed by atoms with Gasteiger partial charge in [0, 0.05) is 22.3 Å². The zero-order valence-corrected chi connectivity index (χ0v) is 12.1. The van der Waals surface area contributed by atoms with E-state index in [4.69, 9.17) is 9.84 Å². The lowest BCUT2D eigenvalue weighted by Gasteiger charge is -2.07. The maximum Gasteiger partial charge on any atom is 0.337 e. The minimum Gasteiger partial charge on any atom is -0.478 e. The van der Waals surface area contributed by atoms with Gasteiger partial charge in [-0.1, -0.05) is 34.1 Å². The van der Waals surface area contributed by atoms with Gasteiger partial charge in [-0.05, 0) is 6.07 Å². The maximum atomic E-state index is 11.0. The number of rotatable bonds is 5. The Morgan fingerprint density at radius 1 is 1.43 bits per heavy atom. The number of pyridine rings is 1. The van der Waals surface area contributed by atoms with Crippen LogP contribution in [0.2, 0.25) is 0 Å². The summed E-state index contributed by atoms with van der Waals surface area (Å²) in [7, 11) is 0. The molecule has 0 unspecified atom stereocenters. The Morgan fingerprint density at radius 3 is 2.76 bits per heavy atom. The second kappa shape index (κ2) is 6.31. The molecule has 0 spiro atoms. The molecule has 0 saturated carbocycles. The molecular weight excluding hydrogens is 344 g/mol. The van der Waals surface area contributed by atoms with Gasteiger partial charge in [0.15, 0.2) is 0 Å². The van der Waals surface area contributed by atoms with E-state index in [0.29, 0.717) is 0 Å². The smallest absolute Gasteiger partial charge is 0.337 e. The number of carboxylic acid groups (broad SMARTS) is 1. The van der Waals surface area contributed by atoms with E-state index in [2.05, 4.69) is 20.9 Å². The lowest BCUT2D eigenvalue weighted by Crippen LogP contribution is -2.05. The summed E-state index contributed by atoms with van der Waals surface area (Å²) in [6.45, 7) is 0.0711. The van der Waals surface area contributed by atoms with E-state index in [-0.39, 0.29) is 18.1 Å². The molecule has 0 radical (unpaired) electrons. The molecule has 108 valence electrons. The third-order valence-corrected chi connectivity index (χ3v) is 3.37. The van der Waals surface area contributed by atoms with Crippen molar-refractivity contribution < 1.29 is 19.6 Å². The summed E-state index contributed by atoms with van der Waals surface area (Å²) in [5, 5.41) is 19.8. The Hall–Kier alpha value is -2.48. The van der Waals surface area contributed by atoms with Crippen LogP contribution in [0.5, 0.6) is 5.88 Å². The van der Waals surface area contributed by atoms with E-state index in [1.807, 2.05) is 12.1 Å². The number of nitro groups is 1. The Bertz CT molecular complexity index is 705. The van der Waals surface area contributed by atoms with Crippen LogP contribution in [0.25, 0.3) is 0 Å². The van der Waals surface area contributed by atoms with Crippen LogP contribution in [0.3, 0.4) is 0 Å². The van der Waals surface area contributed by atoms with Gasteiger partial charge in [0.25, 0.3) is 5.88 Å². The molecule has 7 nitrogen and oxygen atoms in total. The summed E-state index contributed by atoms with van der Waals surface area (Å²) in [5.41, 5.74) is 0.0350. The van der Waals surface area contributed by atoms with Crippen LogP contribution < -0.4 is 4.74 Å². The molecule has 0 fully saturated rings. The van der Waals surface area contributed by atoms with Crippen molar-refractivity contribution in [2.75, 3.05) is 0 Å². The summed E-state index contributed by atoms with van der Waals surface area (Å²) in [6.07, 6.45) is 1.02. The molecule has 0 amide bonds. The van der Waals surface area contributed by atoms with Crippen molar-refractivity contribution in [3.8, 4) is 5.88 Å². The number of aromatic carboxylic acids is 1. The molecule has 1 aromatic carbocycles. The summed E-state index contributed by atoms with van der Waals surface area (Å²) in [6, 6.07) is 8.16. The van der Waals surface area contributed by atoms with E-state index in [1.54, 1.807) is 12.1 Å². The Labute approximate surface area is 127 Å². The number of carbonyl (C=O) groups is 1. The first-order chi connectivity index (χ1) is 9.99. The molecule has 2 aromatic rings. The standard InChI is InChI=1S/C13H9BrN2O5/c14-10-4-2-1-3-8(10)7-21-12-11(16(19)20)5-9(6-15-12)13(17)18/h1-6H,7H2,(H,17,18). The molecule has 8 heteroatoms. The first-order valence-corrected chi connectivity index (χ1v) is 6.52. The second-order valence-corrected chi connectivity index (χ2v) is 4.84. The first kappa shape index (κ1) is 14.9. The van der Waals surface area contributed by atoms with Crippen molar-refractivity contribution in [3.05, 3.63) is 62.2 Å². The molecule has 0 aliphatic carbocycles. The molecule has 1 aromatic heterocycles. The van der Waals surface area contributed by atoms with E-state index < -0.39 is 16.6 Å². The molecule has 0 bridgehead atoms. The number of halogens is 1. The fourth-order valence-electron chi connectivity index (χ4n) is 1.56. The molecule has 0 aliphatic rings. The summed E-state index contributed by atoms with van der Waals surface area (Å²) >= 11 is 3.34. The van der Waals surface area contributed by atoms with Crippen LogP contribution in [0.1, 0.15) is 15.9 Å². The number of carboxylic acids is 1. The van der Waals surface area contributed by atoms with Crippen molar-refractivity contribution in [2.24, 2.45) is 0 Å². The molecule has 1 heterocycles. The van der Waals surface area contributed by atoms with Crippen LogP contribution >= 0.6 is 15.9 Å². The number of aromatic nitrogens is 1.